The van der Waals surface area contributed by atoms with Crippen molar-refractivity contribution in [3.8, 4) is 0 Å². The van der Waals surface area contributed by atoms with E-state index in [0.717, 1.165) is 5.56 Å². The smallest absolute Gasteiger partial charge is 0.251 e. The van der Waals surface area contributed by atoms with Crippen molar-refractivity contribution in [3.63, 3.8) is 0 Å². The average Bonchev–Trinajstić information content (AvgIpc) is 2.39. The van der Waals surface area contributed by atoms with Crippen LogP contribution in [0.15, 0.2) is 48.5 Å². The van der Waals surface area contributed by atoms with Gasteiger partial charge < -0.3 is 5.32 Å². The number of hydrogen-bond acceptors (Lipinski definition) is 1. The number of rotatable bonds is 3. The van der Waals surface area contributed by atoms with Crippen LogP contribution in [0, 0.1) is 0 Å². The third-order valence-electron chi connectivity index (χ3n) is 2.81. The van der Waals surface area contributed by atoms with Crippen LogP contribution in [0.5, 0.6) is 0 Å². The highest BCUT2D eigenvalue weighted by atomic mass is 35.5. The second-order valence-electron chi connectivity index (χ2n) is 4.23. The van der Waals surface area contributed by atoms with Gasteiger partial charge in [0.05, 0.1) is 6.04 Å². The Morgan fingerprint density at radius 1 is 1.11 bits per heavy atom. The van der Waals surface area contributed by atoms with Gasteiger partial charge in [-0.3, -0.25) is 4.79 Å². The summed E-state index contributed by atoms with van der Waals surface area (Å²) in [6, 6.07) is 14.1. The summed E-state index contributed by atoms with van der Waals surface area (Å²) in [6.07, 6.45) is 0. The van der Waals surface area contributed by atoms with E-state index in [1.54, 1.807) is 24.3 Å². The molecule has 1 N–H and O–H groups in total. The third kappa shape index (κ3) is 3.49. The zero-order valence-corrected chi connectivity index (χ0v) is 11.9. The normalized spacial score (nSPS) is 11.9. The minimum absolute atomic E-state index is 0.126. The Morgan fingerprint density at radius 2 is 1.79 bits per heavy atom. The van der Waals surface area contributed by atoms with Gasteiger partial charge in [0.1, 0.15) is 0 Å². The molecular formula is C15H13Cl2NO. The van der Waals surface area contributed by atoms with Gasteiger partial charge in [0.25, 0.3) is 5.91 Å². The Kier molecular flexibility index (Phi) is 4.46. The molecule has 0 saturated heterocycles. The molecule has 4 heteroatoms. The minimum Gasteiger partial charge on any atom is -0.345 e. The minimum atomic E-state index is -0.183. The molecule has 98 valence electrons. The fourth-order valence-electron chi connectivity index (χ4n) is 1.80. The summed E-state index contributed by atoms with van der Waals surface area (Å²) in [5.74, 6) is -0.126. The van der Waals surface area contributed by atoms with Crippen LogP contribution in [0.25, 0.3) is 0 Å². The predicted octanol–water partition coefficient (Wildman–Crippen LogP) is 4.48. The molecule has 2 rings (SSSR count). The maximum Gasteiger partial charge on any atom is 0.251 e. The standard InChI is InChI=1S/C15H13Cl2NO/c1-10(13-8-7-12(16)9-14(13)17)18-15(19)11-5-3-2-4-6-11/h2-10H,1H3,(H,18,19). The summed E-state index contributed by atoms with van der Waals surface area (Å²) < 4.78 is 0. The van der Waals surface area contributed by atoms with Crippen molar-refractivity contribution < 1.29 is 4.79 Å². The van der Waals surface area contributed by atoms with Crippen LogP contribution in [-0.4, -0.2) is 5.91 Å². The Hall–Kier alpha value is -1.51. The SMILES string of the molecule is CC(NC(=O)c1ccccc1)c1ccc(Cl)cc1Cl. The van der Waals surface area contributed by atoms with Crippen molar-refractivity contribution in [1.82, 2.24) is 5.32 Å². The molecule has 0 fully saturated rings. The fraction of sp³-hybridized carbons (Fsp3) is 0.133. The van der Waals surface area contributed by atoms with E-state index in [2.05, 4.69) is 5.32 Å². The molecule has 0 radical (unpaired) electrons. The second-order valence-corrected chi connectivity index (χ2v) is 5.07. The van der Waals surface area contributed by atoms with Crippen molar-refractivity contribution >= 4 is 29.1 Å². The van der Waals surface area contributed by atoms with Crippen molar-refractivity contribution in [3.05, 3.63) is 69.7 Å². The van der Waals surface area contributed by atoms with Crippen LogP contribution in [-0.2, 0) is 0 Å². The van der Waals surface area contributed by atoms with E-state index >= 15 is 0 Å². The van der Waals surface area contributed by atoms with Gasteiger partial charge >= 0.3 is 0 Å². The summed E-state index contributed by atoms with van der Waals surface area (Å²) in [6.45, 7) is 1.88. The van der Waals surface area contributed by atoms with E-state index in [4.69, 9.17) is 23.2 Å². The summed E-state index contributed by atoms with van der Waals surface area (Å²) >= 11 is 12.0. The number of nitrogens with one attached hydrogen (secondary N) is 1. The Morgan fingerprint density at radius 3 is 2.42 bits per heavy atom. The van der Waals surface area contributed by atoms with Gasteiger partial charge in [-0.05, 0) is 36.8 Å². The van der Waals surface area contributed by atoms with Crippen molar-refractivity contribution in [2.24, 2.45) is 0 Å². The molecule has 1 unspecified atom stereocenters. The topological polar surface area (TPSA) is 29.1 Å². The highest BCUT2D eigenvalue weighted by molar-refractivity contribution is 6.35. The number of halogens is 2. The quantitative estimate of drug-likeness (QED) is 0.888. The third-order valence-corrected chi connectivity index (χ3v) is 3.38. The van der Waals surface area contributed by atoms with Gasteiger partial charge in [0.2, 0.25) is 0 Å². The molecule has 19 heavy (non-hydrogen) atoms. The van der Waals surface area contributed by atoms with Gasteiger partial charge in [-0.2, -0.15) is 0 Å². The van der Waals surface area contributed by atoms with Crippen LogP contribution in [0.1, 0.15) is 28.9 Å². The molecule has 2 aromatic carbocycles. The first-order valence-electron chi connectivity index (χ1n) is 5.89. The molecular weight excluding hydrogens is 281 g/mol. The van der Waals surface area contributed by atoms with E-state index in [9.17, 15) is 4.79 Å². The molecule has 0 aliphatic carbocycles. The molecule has 1 atom stereocenters. The van der Waals surface area contributed by atoms with E-state index in [1.165, 1.54) is 0 Å². The van der Waals surface area contributed by atoms with Gasteiger partial charge in [-0.25, -0.2) is 0 Å². The van der Waals surface area contributed by atoms with Crippen LogP contribution in [0.3, 0.4) is 0 Å². The van der Waals surface area contributed by atoms with Crippen LogP contribution in [0.4, 0.5) is 0 Å². The first kappa shape index (κ1) is 13.9. The Bertz CT molecular complexity index is 584. The number of amides is 1. The maximum absolute atomic E-state index is 12.0. The first-order valence-corrected chi connectivity index (χ1v) is 6.64. The van der Waals surface area contributed by atoms with Gasteiger partial charge in [-0.15, -0.1) is 0 Å². The molecule has 0 aliphatic rings. The number of carbonyl (C=O) groups is 1. The summed E-state index contributed by atoms with van der Waals surface area (Å²) in [7, 11) is 0. The Balaban J connectivity index is 2.13. The monoisotopic (exact) mass is 293 g/mol. The molecule has 0 heterocycles. The van der Waals surface area contributed by atoms with E-state index < -0.39 is 0 Å². The van der Waals surface area contributed by atoms with Crippen molar-refractivity contribution in [1.29, 1.82) is 0 Å². The van der Waals surface area contributed by atoms with Crippen LogP contribution >= 0.6 is 23.2 Å². The molecule has 0 aromatic heterocycles. The molecule has 0 bridgehead atoms. The van der Waals surface area contributed by atoms with Crippen LogP contribution < -0.4 is 5.32 Å². The summed E-state index contributed by atoms with van der Waals surface area (Å²) in [5, 5.41) is 4.03. The molecule has 0 aliphatic heterocycles. The number of hydrogen-bond donors (Lipinski definition) is 1. The van der Waals surface area contributed by atoms with Crippen molar-refractivity contribution in [2.45, 2.75) is 13.0 Å². The Labute approximate surface area is 122 Å². The van der Waals surface area contributed by atoms with Gasteiger partial charge in [-0.1, -0.05) is 47.5 Å². The number of benzene rings is 2. The van der Waals surface area contributed by atoms with Crippen LogP contribution in [0.2, 0.25) is 10.0 Å². The van der Waals surface area contributed by atoms with Crippen molar-refractivity contribution in [2.75, 3.05) is 0 Å². The lowest BCUT2D eigenvalue weighted by Gasteiger charge is -2.16. The molecule has 2 nitrogen and oxygen atoms in total. The van der Waals surface area contributed by atoms with Gasteiger partial charge in [0, 0.05) is 15.6 Å². The molecule has 1 amide bonds. The van der Waals surface area contributed by atoms with Gasteiger partial charge in [0.15, 0.2) is 0 Å². The maximum atomic E-state index is 12.0. The second kappa shape index (κ2) is 6.09. The molecule has 0 spiro atoms. The first-order chi connectivity index (χ1) is 9.08. The number of carbonyl (C=O) groups excluding carboxylic acids is 1. The largest absolute Gasteiger partial charge is 0.345 e. The van der Waals surface area contributed by atoms with E-state index in [1.807, 2.05) is 31.2 Å². The summed E-state index contributed by atoms with van der Waals surface area (Å²) in [5.41, 5.74) is 1.47. The predicted molar refractivity (Wildman–Crippen MR) is 78.8 cm³/mol. The highest BCUT2D eigenvalue weighted by Gasteiger charge is 2.13. The molecule has 0 saturated carbocycles. The zero-order valence-electron chi connectivity index (χ0n) is 10.4. The lowest BCUT2D eigenvalue weighted by atomic mass is 10.1. The fourth-order valence-corrected chi connectivity index (χ4v) is 2.37. The zero-order chi connectivity index (χ0) is 13.8. The average molecular weight is 294 g/mol. The summed E-state index contributed by atoms with van der Waals surface area (Å²) in [4.78, 5) is 12.0. The molecule has 2 aromatic rings. The lowest BCUT2D eigenvalue weighted by molar-refractivity contribution is 0.0940. The van der Waals surface area contributed by atoms with E-state index in [-0.39, 0.29) is 11.9 Å². The highest BCUT2D eigenvalue weighted by Crippen LogP contribution is 2.26. The lowest BCUT2D eigenvalue weighted by Crippen LogP contribution is -2.26. The van der Waals surface area contributed by atoms with E-state index in [0.29, 0.717) is 15.6 Å².